The third kappa shape index (κ3) is 1.86. The molecule has 2 rings (SSSR count). The van der Waals surface area contributed by atoms with E-state index in [0.717, 1.165) is 0 Å². The number of hydrogen-bond donors (Lipinski definition) is 1. The molecule has 1 aromatic rings. The zero-order valence-electron chi connectivity index (χ0n) is 9.09. The Hall–Kier alpha value is -0.910. The van der Waals surface area contributed by atoms with E-state index in [1.54, 1.807) is 30.3 Å². The summed E-state index contributed by atoms with van der Waals surface area (Å²) in [7, 11) is -1.77. The summed E-state index contributed by atoms with van der Waals surface area (Å²) < 4.78 is 29.2. The largest absolute Gasteiger partial charge is 0.383 e. The molecule has 0 heterocycles. The van der Waals surface area contributed by atoms with E-state index in [2.05, 4.69) is 0 Å². The van der Waals surface area contributed by atoms with E-state index in [0.29, 0.717) is 11.3 Å². The minimum absolute atomic E-state index is 0.281. The average molecular weight is 241 g/mol. The van der Waals surface area contributed by atoms with Crippen LogP contribution in [0.15, 0.2) is 35.2 Å². The molecule has 0 saturated heterocycles. The molecule has 88 valence electrons. The van der Waals surface area contributed by atoms with Gasteiger partial charge < -0.3 is 10.5 Å². The second kappa shape index (κ2) is 3.84. The van der Waals surface area contributed by atoms with Gasteiger partial charge in [-0.15, -0.1) is 0 Å². The van der Waals surface area contributed by atoms with Crippen LogP contribution >= 0.6 is 0 Å². The standard InChI is InChI=1S/C11H15NO3S/c1-15-8-11(12)7-10(11)16(13,14)9-5-3-2-4-6-9/h2-6,10H,7-8,12H2,1H3/t10-,11-/m0/s1. The first-order valence-electron chi connectivity index (χ1n) is 5.07. The predicted molar refractivity (Wildman–Crippen MR) is 60.8 cm³/mol. The molecule has 0 aromatic heterocycles. The normalized spacial score (nSPS) is 29.0. The van der Waals surface area contributed by atoms with Gasteiger partial charge in [-0.25, -0.2) is 8.42 Å². The van der Waals surface area contributed by atoms with Crippen LogP contribution in [0.1, 0.15) is 6.42 Å². The van der Waals surface area contributed by atoms with Gasteiger partial charge in [-0.05, 0) is 18.6 Å². The summed E-state index contributed by atoms with van der Waals surface area (Å²) in [6.45, 7) is 0.281. The molecule has 16 heavy (non-hydrogen) atoms. The Balaban J connectivity index is 2.24. The highest BCUT2D eigenvalue weighted by atomic mass is 32.2. The molecule has 2 atom stereocenters. The van der Waals surface area contributed by atoms with E-state index >= 15 is 0 Å². The van der Waals surface area contributed by atoms with Gasteiger partial charge in [0.1, 0.15) is 0 Å². The van der Waals surface area contributed by atoms with Crippen LogP contribution in [0.2, 0.25) is 0 Å². The Morgan fingerprint density at radius 2 is 2.06 bits per heavy atom. The highest BCUT2D eigenvalue weighted by Gasteiger charge is 2.59. The second-order valence-electron chi connectivity index (χ2n) is 4.22. The topological polar surface area (TPSA) is 69.4 Å². The fraction of sp³-hybridized carbons (Fsp3) is 0.455. The Kier molecular flexibility index (Phi) is 2.77. The summed E-state index contributed by atoms with van der Waals surface area (Å²) in [5, 5.41) is -0.512. The summed E-state index contributed by atoms with van der Waals surface area (Å²) in [6, 6.07) is 8.41. The van der Waals surface area contributed by atoms with Crippen molar-refractivity contribution in [1.29, 1.82) is 0 Å². The maximum Gasteiger partial charge on any atom is 0.183 e. The van der Waals surface area contributed by atoms with E-state index in [1.807, 2.05) is 0 Å². The van der Waals surface area contributed by atoms with E-state index in [-0.39, 0.29) is 6.61 Å². The molecule has 0 unspecified atom stereocenters. The van der Waals surface area contributed by atoms with Crippen LogP contribution < -0.4 is 5.73 Å². The van der Waals surface area contributed by atoms with Crippen LogP contribution in [-0.2, 0) is 14.6 Å². The molecule has 1 aliphatic carbocycles. The number of sulfone groups is 1. The third-order valence-electron chi connectivity index (χ3n) is 2.91. The minimum atomic E-state index is -3.30. The van der Waals surface area contributed by atoms with Crippen LogP contribution in [0.5, 0.6) is 0 Å². The number of rotatable bonds is 4. The van der Waals surface area contributed by atoms with Crippen LogP contribution in [-0.4, -0.2) is 32.9 Å². The number of nitrogens with two attached hydrogens (primary N) is 1. The van der Waals surface area contributed by atoms with Crippen LogP contribution in [0.3, 0.4) is 0 Å². The van der Waals surface area contributed by atoms with Crippen molar-refractivity contribution in [2.45, 2.75) is 22.1 Å². The van der Waals surface area contributed by atoms with Gasteiger partial charge in [-0.3, -0.25) is 0 Å². The van der Waals surface area contributed by atoms with Crippen molar-refractivity contribution < 1.29 is 13.2 Å². The van der Waals surface area contributed by atoms with Gasteiger partial charge in [0.2, 0.25) is 0 Å². The average Bonchev–Trinajstić information content (AvgIpc) is 2.93. The number of methoxy groups -OCH3 is 1. The summed E-state index contributed by atoms with van der Waals surface area (Å²) in [5.41, 5.74) is 5.22. The van der Waals surface area contributed by atoms with Gasteiger partial charge >= 0.3 is 0 Å². The van der Waals surface area contributed by atoms with Gasteiger partial charge in [-0.2, -0.15) is 0 Å². The van der Waals surface area contributed by atoms with Crippen molar-refractivity contribution in [2.75, 3.05) is 13.7 Å². The molecule has 0 spiro atoms. The Bertz CT molecular complexity index is 471. The molecule has 0 amide bonds. The van der Waals surface area contributed by atoms with Crippen molar-refractivity contribution in [3.8, 4) is 0 Å². The predicted octanol–water partition coefficient (Wildman–Crippen LogP) is 0.577. The molecular formula is C11H15NO3S. The molecule has 2 N–H and O–H groups in total. The Morgan fingerprint density at radius 3 is 2.62 bits per heavy atom. The van der Waals surface area contributed by atoms with Gasteiger partial charge in [0.05, 0.1) is 22.3 Å². The van der Waals surface area contributed by atoms with Crippen LogP contribution in [0, 0.1) is 0 Å². The quantitative estimate of drug-likeness (QED) is 0.837. The van der Waals surface area contributed by atoms with Gasteiger partial charge in [-0.1, -0.05) is 18.2 Å². The maximum absolute atomic E-state index is 12.1. The molecule has 1 aliphatic rings. The maximum atomic E-state index is 12.1. The molecule has 0 radical (unpaired) electrons. The van der Waals surface area contributed by atoms with E-state index < -0.39 is 20.6 Å². The number of benzene rings is 1. The van der Waals surface area contributed by atoms with E-state index in [9.17, 15) is 8.42 Å². The first-order valence-corrected chi connectivity index (χ1v) is 6.62. The molecule has 5 heteroatoms. The van der Waals surface area contributed by atoms with Crippen molar-refractivity contribution in [2.24, 2.45) is 5.73 Å². The summed E-state index contributed by atoms with van der Waals surface area (Å²) in [5.74, 6) is 0. The SMILES string of the molecule is COC[C@@]1(N)C[C@@H]1S(=O)(=O)c1ccccc1. The highest BCUT2D eigenvalue weighted by Crippen LogP contribution is 2.42. The molecule has 0 aliphatic heterocycles. The van der Waals surface area contributed by atoms with Crippen molar-refractivity contribution in [3.63, 3.8) is 0 Å². The Morgan fingerprint density at radius 1 is 1.44 bits per heavy atom. The van der Waals surface area contributed by atoms with Crippen molar-refractivity contribution >= 4 is 9.84 Å². The third-order valence-corrected chi connectivity index (χ3v) is 5.22. The van der Waals surface area contributed by atoms with Crippen molar-refractivity contribution in [1.82, 2.24) is 0 Å². The summed E-state index contributed by atoms with van der Waals surface area (Å²) >= 11 is 0. The highest BCUT2D eigenvalue weighted by molar-refractivity contribution is 7.92. The molecule has 4 nitrogen and oxygen atoms in total. The van der Waals surface area contributed by atoms with E-state index in [4.69, 9.17) is 10.5 Å². The van der Waals surface area contributed by atoms with Gasteiger partial charge in [0, 0.05) is 7.11 Å². The zero-order valence-corrected chi connectivity index (χ0v) is 9.91. The second-order valence-corrected chi connectivity index (χ2v) is 6.35. The monoisotopic (exact) mass is 241 g/mol. The Labute approximate surface area is 95.3 Å². The fourth-order valence-corrected chi connectivity index (χ4v) is 3.98. The lowest BCUT2D eigenvalue weighted by atomic mass is 10.3. The first-order chi connectivity index (χ1) is 7.50. The fourth-order valence-electron chi connectivity index (χ4n) is 1.90. The van der Waals surface area contributed by atoms with Gasteiger partial charge in [0.25, 0.3) is 0 Å². The molecule has 1 aromatic carbocycles. The summed E-state index contributed by atoms with van der Waals surface area (Å²) in [4.78, 5) is 0.337. The van der Waals surface area contributed by atoms with Crippen molar-refractivity contribution in [3.05, 3.63) is 30.3 Å². The van der Waals surface area contributed by atoms with E-state index in [1.165, 1.54) is 7.11 Å². The summed E-state index contributed by atoms with van der Waals surface area (Å²) in [6.07, 6.45) is 0.470. The number of ether oxygens (including phenoxy) is 1. The molecule has 0 bridgehead atoms. The molecule has 1 fully saturated rings. The van der Waals surface area contributed by atoms with Gasteiger partial charge in [0.15, 0.2) is 9.84 Å². The minimum Gasteiger partial charge on any atom is -0.383 e. The smallest absolute Gasteiger partial charge is 0.183 e. The van der Waals surface area contributed by atoms with Crippen LogP contribution in [0.25, 0.3) is 0 Å². The first kappa shape index (κ1) is 11.6. The lowest BCUT2D eigenvalue weighted by Gasteiger charge is -2.10. The van der Waals surface area contributed by atoms with Crippen LogP contribution in [0.4, 0.5) is 0 Å². The molecular weight excluding hydrogens is 226 g/mol. The zero-order chi connectivity index (χ0) is 11.8. The molecule has 1 saturated carbocycles. The lowest BCUT2D eigenvalue weighted by Crippen LogP contribution is -2.35. The number of hydrogen-bond acceptors (Lipinski definition) is 4. The lowest BCUT2D eigenvalue weighted by molar-refractivity contribution is 0.173.